The third-order valence-corrected chi connectivity index (χ3v) is 5.89. The smallest absolute Gasteiger partial charge is 0.243 e. The van der Waals surface area contributed by atoms with Crippen molar-refractivity contribution >= 4 is 26.0 Å². The molecule has 100 valence electrons. The molecule has 1 atom stereocenters. The summed E-state index contributed by atoms with van der Waals surface area (Å²) >= 11 is 3.35. The van der Waals surface area contributed by atoms with Gasteiger partial charge in [0.1, 0.15) is 0 Å². The van der Waals surface area contributed by atoms with Crippen LogP contribution < -0.4 is 0 Å². The van der Waals surface area contributed by atoms with E-state index in [1.165, 1.54) is 4.31 Å². The van der Waals surface area contributed by atoms with E-state index in [0.29, 0.717) is 30.0 Å². The maximum absolute atomic E-state index is 12.6. The van der Waals surface area contributed by atoms with Crippen molar-refractivity contribution < 1.29 is 13.2 Å². The van der Waals surface area contributed by atoms with Crippen LogP contribution >= 0.6 is 15.9 Å². The van der Waals surface area contributed by atoms with Gasteiger partial charge in [-0.1, -0.05) is 34.1 Å². The van der Waals surface area contributed by atoms with Gasteiger partial charge in [0.25, 0.3) is 0 Å². The number of halogens is 1. The van der Waals surface area contributed by atoms with Gasteiger partial charge in [-0.05, 0) is 18.6 Å². The van der Waals surface area contributed by atoms with Gasteiger partial charge < -0.3 is 4.74 Å². The van der Waals surface area contributed by atoms with Gasteiger partial charge >= 0.3 is 0 Å². The molecule has 1 aromatic carbocycles. The summed E-state index contributed by atoms with van der Waals surface area (Å²) in [6.07, 6.45) is 0. The molecule has 1 saturated heterocycles. The fraction of sp³-hybridized carbons (Fsp3) is 0.500. The van der Waals surface area contributed by atoms with Crippen molar-refractivity contribution in [3.8, 4) is 0 Å². The Morgan fingerprint density at radius 2 is 2.17 bits per heavy atom. The van der Waals surface area contributed by atoms with Crippen LogP contribution in [0, 0.1) is 6.92 Å². The zero-order valence-corrected chi connectivity index (χ0v) is 12.6. The maximum atomic E-state index is 12.6. The Morgan fingerprint density at radius 1 is 1.44 bits per heavy atom. The number of hydrogen-bond acceptors (Lipinski definition) is 3. The van der Waals surface area contributed by atoms with Crippen molar-refractivity contribution in [3.05, 3.63) is 29.8 Å². The number of alkyl halides is 1. The van der Waals surface area contributed by atoms with Crippen molar-refractivity contribution in [3.63, 3.8) is 0 Å². The van der Waals surface area contributed by atoms with Gasteiger partial charge in [-0.2, -0.15) is 4.31 Å². The maximum Gasteiger partial charge on any atom is 0.243 e. The van der Waals surface area contributed by atoms with E-state index in [2.05, 4.69) is 15.9 Å². The minimum atomic E-state index is -3.43. The number of rotatable bonds is 3. The number of nitrogens with zero attached hydrogens (tertiary/aromatic N) is 1. The second-order valence-corrected chi connectivity index (χ2v) is 6.77. The fourth-order valence-corrected chi connectivity index (χ4v) is 4.60. The average molecular weight is 334 g/mol. The topological polar surface area (TPSA) is 46.6 Å². The highest BCUT2D eigenvalue weighted by Gasteiger charge is 2.34. The lowest BCUT2D eigenvalue weighted by molar-refractivity contribution is 0.0413. The SMILES string of the molecule is Cc1ccccc1S(=O)(=O)N1CCOCC1CBr. The molecule has 1 aliphatic rings. The molecule has 1 unspecified atom stereocenters. The van der Waals surface area contributed by atoms with Gasteiger partial charge in [0.2, 0.25) is 10.0 Å². The van der Waals surface area contributed by atoms with Crippen LogP contribution in [0.3, 0.4) is 0 Å². The van der Waals surface area contributed by atoms with Gasteiger partial charge in [0, 0.05) is 11.9 Å². The molecular formula is C12H16BrNO3S. The summed E-state index contributed by atoms with van der Waals surface area (Å²) in [5.74, 6) is 0. The Labute approximate surface area is 116 Å². The molecular weight excluding hydrogens is 318 g/mol. The molecule has 0 N–H and O–H groups in total. The quantitative estimate of drug-likeness (QED) is 0.792. The van der Waals surface area contributed by atoms with E-state index in [1.54, 1.807) is 12.1 Å². The first-order valence-corrected chi connectivity index (χ1v) is 8.34. The largest absolute Gasteiger partial charge is 0.378 e. The van der Waals surface area contributed by atoms with E-state index >= 15 is 0 Å². The first-order valence-electron chi connectivity index (χ1n) is 5.78. The van der Waals surface area contributed by atoms with Gasteiger partial charge in [0.05, 0.1) is 24.2 Å². The monoisotopic (exact) mass is 333 g/mol. The third kappa shape index (κ3) is 2.61. The predicted octanol–water partition coefficient (Wildman–Crippen LogP) is 1.78. The van der Waals surface area contributed by atoms with Crippen LogP contribution in [0.25, 0.3) is 0 Å². The number of aryl methyl sites for hydroxylation is 1. The van der Waals surface area contributed by atoms with Gasteiger partial charge in [-0.15, -0.1) is 0 Å². The Morgan fingerprint density at radius 3 is 2.83 bits per heavy atom. The Hall–Kier alpha value is -0.430. The standard InChI is InChI=1S/C12H16BrNO3S/c1-10-4-2-3-5-12(10)18(15,16)14-6-7-17-9-11(14)8-13/h2-5,11H,6-9H2,1H3. The van der Waals surface area contributed by atoms with Gasteiger partial charge in [0.15, 0.2) is 0 Å². The van der Waals surface area contributed by atoms with Crippen LogP contribution in [0.1, 0.15) is 5.56 Å². The van der Waals surface area contributed by atoms with Crippen molar-refractivity contribution in [2.24, 2.45) is 0 Å². The lowest BCUT2D eigenvalue weighted by Crippen LogP contribution is -2.49. The molecule has 0 spiro atoms. The van der Waals surface area contributed by atoms with Gasteiger partial charge in [-0.3, -0.25) is 0 Å². The molecule has 0 amide bonds. The number of ether oxygens (including phenoxy) is 1. The molecule has 0 aromatic heterocycles. The molecule has 2 rings (SSSR count). The summed E-state index contributed by atoms with van der Waals surface area (Å²) in [6.45, 7) is 3.12. The summed E-state index contributed by atoms with van der Waals surface area (Å²) in [5, 5.41) is 0.581. The molecule has 4 nitrogen and oxygen atoms in total. The van der Waals surface area contributed by atoms with E-state index in [9.17, 15) is 8.42 Å². The van der Waals surface area contributed by atoms with Crippen LogP contribution in [0.2, 0.25) is 0 Å². The van der Waals surface area contributed by atoms with Crippen LogP contribution in [-0.4, -0.2) is 43.9 Å². The molecule has 0 aliphatic carbocycles. The zero-order valence-electron chi connectivity index (χ0n) is 10.2. The Bertz CT molecular complexity index is 518. The number of morpholine rings is 1. The molecule has 6 heteroatoms. The molecule has 18 heavy (non-hydrogen) atoms. The fourth-order valence-electron chi connectivity index (χ4n) is 2.05. The normalized spacial score (nSPS) is 22.0. The van der Waals surface area contributed by atoms with Gasteiger partial charge in [-0.25, -0.2) is 8.42 Å². The number of benzene rings is 1. The minimum absolute atomic E-state index is 0.136. The summed E-state index contributed by atoms with van der Waals surface area (Å²) in [4.78, 5) is 0.387. The molecule has 0 bridgehead atoms. The Kier molecular flexibility index (Phi) is 4.42. The summed E-state index contributed by atoms with van der Waals surface area (Å²) in [5.41, 5.74) is 0.775. The molecule has 1 aliphatic heterocycles. The van der Waals surface area contributed by atoms with E-state index in [4.69, 9.17) is 4.74 Å². The lowest BCUT2D eigenvalue weighted by atomic mass is 10.2. The van der Waals surface area contributed by atoms with Crippen molar-refractivity contribution in [1.29, 1.82) is 0 Å². The lowest BCUT2D eigenvalue weighted by Gasteiger charge is -2.33. The molecule has 0 saturated carbocycles. The second kappa shape index (κ2) is 5.69. The first kappa shape index (κ1) is 14.0. The van der Waals surface area contributed by atoms with Crippen molar-refractivity contribution in [2.75, 3.05) is 25.1 Å². The number of sulfonamides is 1. The van der Waals surface area contributed by atoms with Crippen molar-refractivity contribution in [2.45, 2.75) is 17.9 Å². The summed E-state index contributed by atoms with van der Waals surface area (Å²) < 4.78 is 32.1. The van der Waals surface area contributed by atoms with E-state index in [0.717, 1.165) is 5.56 Å². The second-order valence-electron chi connectivity index (χ2n) is 4.26. The minimum Gasteiger partial charge on any atom is -0.378 e. The summed E-state index contributed by atoms with van der Waals surface area (Å²) in [7, 11) is -3.43. The van der Waals surface area contributed by atoms with Crippen LogP contribution in [-0.2, 0) is 14.8 Å². The highest BCUT2D eigenvalue weighted by atomic mass is 79.9. The summed E-state index contributed by atoms with van der Waals surface area (Å²) in [6, 6.07) is 6.93. The molecule has 1 heterocycles. The molecule has 1 fully saturated rings. The highest BCUT2D eigenvalue weighted by Crippen LogP contribution is 2.23. The first-order chi connectivity index (χ1) is 8.57. The Balaban J connectivity index is 2.39. The molecule has 0 radical (unpaired) electrons. The predicted molar refractivity (Wildman–Crippen MR) is 73.5 cm³/mol. The third-order valence-electron chi connectivity index (χ3n) is 3.03. The highest BCUT2D eigenvalue weighted by molar-refractivity contribution is 9.09. The number of hydrogen-bond donors (Lipinski definition) is 0. The average Bonchev–Trinajstić information content (AvgIpc) is 2.39. The molecule has 1 aromatic rings. The zero-order chi connectivity index (χ0) is 13.2. The van der Waals surface area contributed by atoms with E-state index in [1.807, 2.05) is 19.1 Å². The van der Waals surface area contributed by atoms with Crippen LogP contribution in [0.5, 0.6) is 0 Å². The van der Waals surface area contributed by atoms with E-state index in [-0.39, 0.29) is 6.04 Å². The van der Waals surface area contributed by atoms with Crippen LogP contribution in [0.4, 0.5) is 0 Å². The van der Waals surface area contributed by atoms with Crippen molar-refractivity contribution in [1.82, 2.24) is 4.31 Å². The van der Waals surface area contributed by atoms with Crippen LogP contribution in [0.15, 0.2) is 29.2 Å². The van der Waals surface area contributed by atoms with E-state index < -0.39 is 10.0 Å².